The van der Waals surface area contributed by atoms with E-state index in [0.717, 1.165) is 11.9 Å². The molecule has 3 rings (SSSR count). The Morgan fingerprint density at radius 2 is 2.12 bits per heavy atom. The van der Waals surface area contributed by atoms with Crippen molar-refractivity contribution >= 4 is 60.1 Å². The first-order chi connectivity index (χ1) is 12.1. The Kier molecular flexibility index (Phi) is 4.87. The molecule has 7 nitrogen and oxygen atoms in total. The summed E-state index contributed by atoms with van der Waals surface area (Å²) < 4.78 is 25.5. The van der Waals surface area contributed by atoms with Gasteiger partial charge in [-0.15, -0.1) is 0 Å². The average molecular weight is 411 g/mol. The smallest absolute Gasteiger partial charge is 0.250 e. The van der Waals surface area contributed by atoms with Gasteiger partial charge in [0.05, 0.1) is 20.8 Å². The molecule has 0 aliphatic carbocycles. The van der Waals surface area contributed by atoms with Gasteiger partial charge >= 0.3 is 0 Å². The molecular weight excluding hydrogens is 396 g/mol. The minimum absolute atomic E-state index is 0.216. The molecule has 1 amide bonds. The van der Waals surface area contributed by atoms with E-state index in [2.05, 4.69) is 15.4 Å². The van der Waals surface area contributed by atoms with Crippen LogP contribution in [0.4, 0.5) is 5.13 Å². The third-order valence-electron chi connectivity index (χ3n) is 3.62. The van der Waals surface area contributed by atoms with Crippen molar-refractivity contribution in [2.24, 2.45) is 7.05 Å². The van der Waals surface area contributed by atoms with Gasteiger partial charge in [0.25, 0.3) is 0 Å². The van der Waals surface area contributed by atoms with E-state index in [1.165, 1.54) is 28.2 Å². The van der Waals surface area contributed by atoms with E-state index < -0.39 is 9.84 Å². The fraction of sp³-hybridized carbons (Fsp3) is 0.188. The third-order valence-corrected chi connectivity index (χ3v) is 6.11. The Hall–Kier alpha value is -2.23. The van der Waals surface area contributed by atoms with Crippen molar-refractivity contribution in [3.63, 3.8) is 0 Å². The van der Waals surface area contributed by atoms with Crippen molar-refractivity contribution in [1.29, 1.82) is 0 Å². The summed E-state index contributed by atoms with van der Waals surface area (Å²) in [5.41, 5.74) is 2.01. The number of nitrogens with zero attached hydrogens (tertiary/aromatic N) is 3. The molecule has 3 aromatic rings. The zero-order chi connectivity index (χ0) is 19.1. The number of aryl methyl sites for hydroxylation is 2. The molecule has 0 aliphatic heterocycles. The molecule has 0 bridgehead atoms. The van der Waals surface area contributed by atoms with Crippen molar-refractivity contribution in [3.8, 4) is 0 Å². The monoisotopic (exact) mass is 410 g/mol. The Bertz CT molecular complexity index is 1150. The lowest BCUT2D eigenvalue weighted by Gasteiger charge is -1.96. The van der Waals surface area contributed by atoms with Gasteiger partial charge in [0.1, 0.15) is 5.15 Å². The van der Waals surface area contributed by atoms with Crippen LogP contribution in [-0.4, -0.2) is 35.3 Å². The SMILES string of the molecule is Cc1nn(C)c(Cl)c1/C=C/C(=O)Nc1nc2ccc(S(C)(=O)=O)cc2s1. The second-order valence-electron chi connectivity index (χ2n) is 5.66. The lowest BCUT2D eigenvalue weighted by atomic mass is 10.2. The minimum atomic E-state index is -3.29. The van der Waals surface area contributed by atoms with Crippen molar-refractivity contribution in [2.45, 2.75) is 11.8 Å². The van der Waals surface area contributed by atoms with Crippen LogP contribution in [-0.2, 0) is 21.7 Å². The predicted octanol–water partition coefficient (Wildman–Crippen LogP) is 3.05. The fourth-order valence-corrected chi connectivity index (χ4v) is 4.20. The first-order valence-electron chi connectivity index (χ1n) is 7.44. The Balaban J connectivity index is 1.80. The summed E-state index contributed by atoms with van der Waals surface area (Å²) >= 11 is 7.32. The topological polar surface area (TPSA) is 93.9 Å². The Labute approximate surface area is 159 Å². The molecule has 0 saturated carbocycles. The fourth-order valence-electron chi connectivity index (χ4n) is 2.33. The summed E-state index contributed by atoms with van der Waals surface area (Å²) in [4.78, 5) is 16.6. The second-order valence-corrected chi connectivity index (χ2v) is 9.06. The van der Waals surface area contributed by atoms with E-state index in [4.69, 9.17) is 11.6 Å². The van der Waals surface area contributed by atoms with Gasteiger partial charge in [0, 0.05) is 24.9 Å². The standard InChI is InChI=1S/C16H15ClN4O3S2/c1-9-11(15(17)21(2)20-9)5-7-14(22)19-16-18-12-6-4-10(26(3,23)24)8-13(12)25-16/h4-8H,1-3H3,(H,18,19,22)/b7-5+. The van der Waals surface area contributed by atoms with E-state index in [0.29, 0.717) is 26.1 Å². The first kappa shape index (κ1) is 18.6. The van der Waals surface area contributed by atoms with Gasteiger partial charge in [-0.25, -0.2) is 13.4 Å². The molecule has 1 aromatic carbocycles. The van der Waals surface area contributed by atoms with Crippen LogP contribution in [0, 0.1) is 6.92 Å². The van der Waals surface area contributed by atoms with Crippen molar-refractivity contribution in [2.75, 3.05) is 11.6 Å². The zero-order valence-electron chi connectivity index (χ0n) is 14.1. The van der Waals surface area contributed by atoms with Crippen LogP contribution >= 0.6 is 22.9 Å². The zero-order valence-corrected chi connectivity index (χ0v) is 16.5. The molecule has 1 N–H and O–H groups in total. The predicted molar refractivity (Wildman–Crippen MR) is 103 cm³/mol. The molecular formula is C16H15ClN4O3S2. The molecule has 0 radical (unpaired) electrons. The number of fused-ring (bicyclic) bond motifs is 1. The number of carbonyl (C=O) groups excluding carboxylic acids is 1. The number of amides is 1. The van der Waals surface area contributed by atoms with Gasteiger partial charge < -0.3 is 0 Å². The summed E-state index contributed by atoms with van der Waals surface area (Å²) in [7, 11) is -1.57. The van der Waals surface area contributed by atoms with Crippen molar-refractivity contribution in [1.82, 2.24) is 14.8 Å². The largest absolute Gasteiger partial charge is 0.298 e. The van der Waals surface area contributed by atoms with E-state index in [1.54, 1.807) is 32.2 Å². The van der Waals surface area contributed by atoms with Gasteiger partial charge in [-0.2, -0.15) is 5.10 Å². The average Bonchev–Trinajstić information content (AvgIpc) is 3.04. The molecule has 26 heavy (non-hydrogen) atoms. The van der Waals surface area contributed by atoms with Gasteiger partial charge in [0.2, 0.25) is 5.91 Å². The van der Waals surface area contributed by atoms with Crippen LogP contribution in [0.3, 0.4) is 0 Å². The summed E-state index contributed by atoms with van der Waals surface area (Å²) in [6.45, 7) is 1.80. The molecule has 0 fully saturated rings. The number of sulfone groups is 1. The Morgan fingerprint density at radius 1 is 1.38 bits per heavy atom. The molecule has 0 saturated heterocycles. The number of carbonyl (C=O) groups is 1. The highest BCUT2D eigenvalue weighted by molar-refractivity contribution is 7.90. The quantitative estimate of drug-likeness (QED) is 0.667. The Morgan fingerprint density at radius 3 is 2.73 bits per heavy atom. The van der Waals surface area contributed by atoms with Crippen LogP contribution in [0.5, 0.6) is 0 Å². The molecule has 0 unspecified atom stereocenters. The van der Waals surface area contributed by atoms with Gasteiger partial charge in [-0.05, 0) is 31.2 Å². The summed E-state index contributed by atoms with van der Waals surface area (Å²) in [5, 5.41) is 7.67. The lowest BCUT2D eigenvalue weighted by Crippen LogP contribution is -2.07. The number of hydrogen-bond acceptors (Lipinski definition) is 6. The van der Waals surface area contributed by atoms with Crippen LogP contribution in [0.25, 0.3) is 16.3 Å². The van der Waals surface area contributed by atoms with E-state index in [1.807, 2.05) is 0 Å². The van der Waals surface area contributed by atoms with E-state index in [9.17, 15) is 13.2 Å². The molecule has 0 spiro atoms. The molecule has 10 heteroatoms. The second kappa shape index (κ2) is 6.82. The summed E-state index contributed by atoms with van der Waals surface area (Å²) in [6, 6.07) is 4.66. The van der Waals surface area contributed by atoms with E-state index in [-0.39, 0.29) is 10.8 Å². The van der Waals surface area contributed by atoms with Crippen molar-refractivity contribution in [3.05, 3.63) is 40.7 Å². The van der Waals surface area contributed by atoms with Crippen molar-refractivity contribution < 1.29 is 13.2 Å². The van der Waals surface area contributed by atoms with Gasteiger partial charge in [0.15, 0.2) is 15.0 Å². The highest BCUT2D eigenvalue weighted by Crippen LogP contribution is 2.28. The number of thiazole rings is 1. The van der Waals surface area contributed by atoms with E-state index >= 15 is 0 Å². The molecule has 0 aliphatic rings. The number of nitrogens with one attached hydrogen (secondary N) is 1. The first-order valence-corrected chi connectivity index (χ1v) is 10.5. The number of halogens is 1. The molecule has 0 atom stereocenters. The molecule has 2 aromatic heterocycles. The number of hydrogen-bond donors (Lipinski definition) is 1. The number of benzene rings is 1. The molecule has 2 heterocycles. The third kappa shape index (κ3) is 3.79. The minimum Gasteiger partial charge on any atom is -0.298 e. The normalized spacial score (nSPS) is 12.2. The van der Waals surface area contributed by atoms with Crippen LogP contribution in [0.1, 0.15) is 11.3 Å². The summed E-state index contributed by atoms with van der Waals surface area (Å²) in [5.74, 6) is -0.369. The highest BCUT2D eigenvalue weighted by atomic mass is 35.5. The van der Waals surface area contributed by atoms with Crippen LogP contribution in [0.15, 0.2) is 29.2 Å². The van der Waals surface area contributed by atoms with Crippen LogP contribution < -0.4 is 5.32 Å². The number of aromatic nitrogens is 3. The molecule has 136 valence electrons. The maximum absolute atomic E-state index is 12.1. The number of anilines is 1. The highest BCUT2D eigenvalue weighted by Gasteiger charge is 2.12. The maximum Gasteiger partial charge on any atom is 0.250 e. The maximum atomic E-state index is 12.1. The number of rotatable bonds is 4. The van der Waals surface area contributed by atoms with Gasteiger partial charge in [-0.1, -0.05) is 22.9 Å². The summed E-state index contributed by atoms with van der Waals surface area (Å²) in [6.07, 6.45) is 4.09. The van der Waals surface area contributed by atoms with Crippen LogP contribution in [0.2, 0.25) is 5.15 Å². The lowest BCUT2D eigenvalue weighted by molar-refractivity contribution is -0.111. The van der Waals surface area contributed by atoms with Gasteiger partial charge in [-0.3, -0.25) is 14.8 Å².